The summed E-state index contributed by atoms with van der Waals surface area (Å²) in [5, 5.41) is 9.41. The summed E-state index contributed by atoms with van der Waals surface area (Å²) in [4.78, 5) is 11.2. The van der Waals surface area contributed by atoms with Crippen LogP contribution < -0.4 is 0 Å². The molecule has 2 unspecified atom stereocenters. The molecule has 0 spiro atoms. The maximum atomic E-state index is 11.2. The van der Waals surface area contributed by atoms with Crippen molar-refractivity contribution in [2.75, 3.05) is 6.61 Å². The molecule has 1 saturated carbocycles. The van der Waals surface area contributed by atoms with Gasteiger partial charge in [-0.3, -0.25) is 4.79 Å². The minimum Gasteiger partial charge on any atom is -0.465 e. The second-order valence-electron chi connectivity index (χ2n) is 4.47. The fourth-order valence-corrected chi connectivity index (χ4v) is 1.78. The van der Waals surface area contributed by atoms with Crippen LogP contribution >= 0.6 is 0 Å². The zero-order chi connectivity index (χ0) is 10.6. The van der Waals surface area contributed by atoms with Crippen molar-refractivity contribution >= 4 is 5.97 Å². The quantitative estimate of drug-likeness (QED) is 0.706. The summed E-state index contributed by atoms with van der Waals surface area (Å²) in [6.45, 7) is 4.14. The minimum absolute atomic E-state index is 0.0523. The summed E-state index contributed by atoms with van der Waals surface area (Å²) >= 11 is 0. The molecule has 0 heterocycles. The number of aliphatic hydroxyl groups excluding tert-OH is 1. The van der Waals surface area contributed by atoms with Gasteiger partial charge in [0.05, 0.1) is 18.6 Å². The first-order chi connectivity index (χ1) is 6.59. The lowest BCUT2D eigenvalue weighted by atomic mass is 9.88. The van der Waals surface area contributed by atoms with Crippen molar-refractivity contribution in [2.45, 2.75) is 45.6 Å². The van der Waals surface area contributed by atoms with Crippen LogP contribution in [-0.2, 0) is 9.53 Å². The monoisotopic (exact) mass is 200 g/mol. The third kappa shape index (κ3) is 3.66. The van der Waals surface area contributed by atoms with Gasteiger partial charge in [-0.1, -0.05) is 20.3 Å². The van der Waals surface area contributed by atoms with Crippen molar-refractivity contribution in [2.24, 2.45) is 11.8 Å². The van der Waals surface area contributed by atoms with Gasteiger partial charge in [-0.25, -0.2) is 0 Å². The first-order valence-corrected chi connectivity index (χ1v) is 5.44. The van der Waals surface area contributed by atoms with Gasteiger partial charge in [-0.05, 0) is 25.2 Å². The van der Waals surface area contributed by atoms with E-state index >= 15 is 0 Å². The van der Waals surface area contributed by atoms with Crippen LogP contribution in [0.5, 0.6) is 0 Å². The molecular formula is C11H20O3. The summed E-state index contributed by atoms with van der Waals surface area (Å²) in [6.07, 6.45) is 3.61. The molecule has 1 fully saturated rings. The van der Waals surface area contributed by atoms with Crippen molar-refractivity contribution in [1.29, 1.82) is 0 Å². The normalized spacial score (nSPS) is 27.7. The van der Waals surface area contributed by atoms with Crippen LogP contribution in [0.3, 0.4) is 0 Å². The highest BCUT2D eigenvalue weighted by Crippen LogP contribution is 2.24. The van der Waals surface area contributed by atoms with Gasteiger partial charge in [0.15, 0.2) is 0 Å². The third-order valence-corrected chi connectivity index (χ3v) is 2.69. The fourth-order valence-electron chi connectivity index (χ4n) is 1.78. The number of hydrogen-bond acceptors (Lipinski definition) is 3. The minimum atomic E-state index is -0.188. The average Bonchev–Trinajstić information content (AvgIpc) is 2.14. The van der Waals surface area contributed by atoms with E-state index in [2.05, 4.69) is 0 Å². The van der Waals surface area contributed by atoms with Crippen molar-refractivity contribution in [1.82, 2.24) is 0 Å². The maximum absolute atomic E-state index is 11.2. The highest BCUT2D eigenvalue weighted by Gasteiger charge is 2.21. The van der Waals surface area contributed by atoms with Gasteiger partial charge in [0.25, 0.3) is 0 Å². The third-order valence-electron chi connectivity index (χ3n) is 2.69. The molecule has 1 aliphatic rings. The van der Waals surface area contributed by atoms with E-state index in [-0.39, 0.29) is 18.0 Å². The van der Waals surface area contributed by atoms with E-state index in [1.165, 1.54) is 0 Å². The number of carbonyl (C=O) groups excluding carboxylic acids is 1. The Bertz CT molecular complexity index is 189. The van der Waals surface area contributed by atoms with E-state index in [4.69, 9.17) is 4.74 Å². The smallest absolute Gasteiger partial charge is 0.308 e. The average molecular weight is 200 g/mol. The number of esters is 1. The molecule has 0 bridgehead atoms. The standard InChI is InChI=1S/C11H20O3/c1-8(2)11(13)14-7-9-4-3-5-10(12)6-9/h8-10,12H,3-7H2,1-2H3. The molecule has 14 heavy (non-hydrogen) atoms. The number of ether oxygens (including phenoxy) is 1. The molecule has 0 aromatic carbocycles. The lowest BCUT2D eigenvalue weighted by Crippen LogP contribution is -2.25. The van der Waals surface area contributed by atoms with Crippen LogP contribution in [0.2, 0.25) is 0 Å². The van der Waals surface area contributed by atoms with E-state index in [9.17, 15) is 9.90 Å². The van der Waals surface area contributed by atoms with Crippen LogP contribution in [0.1, 0.15) is 39.5 Å². The molecule has 1 N–H and O–H groups in total. The van der Waals surface area contributed by atoms with Crippen molar-refractivity contribution in [3.8, 4) is 0 Å². The predicted octanol–water partition coefficient (Wildman–Crippen LogP) is 1.74. The molecule has 2 atom stereocenters. The number of rotatable bonds is 3. The van der Waals surface area contributed by atoms with E-state index in [0.29, 0.717) is 12.5 Å². The Kier molecular flexibility index (Phi) is 4.39. The molecule has 0 radical (unpaired) electrons. The summed E-state index contributed by atoms with van der Waals surface area (Å²) in [5.74, 6) is 0.176. The topological polar surface area (TPSA) is 46.5 Å². The zero-order valence-corrected chi connectivity index (χ0v) is 9.03. The van der Waals surface area contributed by atoms with Crippen molar-refractivity contribution < 1.29 is 14.6 Å². The highest BCUT2D eigenvalue weighted by molar-refractivity contribution is 5.71. The maximum Gasteiger partial charge on any atom is 0.308 e. The van der Waals surface area contributed by atoms with Gasteiger partial charge in [0.1, 0.15) is 0 Å². The van der Waals surface area contributed by atoms with E-state index in [1.807, 2.05) is 13.8 Å². The van der Waals surface area contributed by atoms with Gasteiger partial charge in [-0.15, -0.1) is 0 Å². The van der Waals surface area contributed by atoms with Crippen molar-refractivity contribution in [3.63, 3.8) is 0 Å². The van der Waals surface area contributed by atoms with Crippen LogP contribution in [0, 0.1) is 11.8 Å². The Hall–Kier alpha value is -0.570. The van der Waals surface area contributed by atoms with Crippen LogP contribution in [0.25, 0.3) is 0 Å². The van der Waals surface area contributed by atoms with Crippen LogP contribution in [0.4, 0.5) is 0 Å². The van der Waals surface area contributed by atoms with Gasteiger partial charge in [0, 0.05) is 0 Å². The Labute approximate surface area is 85.5 Å². The molecule has 3 nitrogen and oxygen atoms in total. The first kappa shape index (κ1) is 11.5. The van der Waals surface area contributed by atoms with Gasteiger partial charge in [-0.2, -0.15) is 0 Å². The van der Waals surface area contributed by atoms with Gasteiger partial charge < -0.3 is 9.84 Å². The second kappa shape index (κ2) is 5.35. The summed E-state index contributed by atoms with van der Waals surface area (Å²) < 4.78 is 5.14. The number of carbonyl (C=O) groups is 1. The Morgan fingerprint density at radius 2 is 2.21 bits per heavy atom. The molecule has 82 valence electrons. The molecule has 0 saturated heterocycles. The summed E-state index contributed by atoms with van der Waals surface area (Å²) in [5.41, 5.74) is 0. The molecule has 1 aliphatic carbocycles. The van der Waals surface area contributed by atoms with E-state index in [1.54, 1.807) is 0 Å². The molecule has 0 aromatic heterocycles. The largest absolute Gasteiger partial charge is 0.465 e. The fraction of sp³-hybridized carbons (Fsp3) is 0.909. The van der Waals surface area contributed by atoms with E-state index in [0.717, 1.165) is 25.7 Å². The molecule has 0 aliphatic heterocycles. The number of hydrogen-bond donors (Lipinski definition) is 1. The van der Waals surface area contributed by atoms with E-state index < -0.39 is 0 Å². The van der Waals surface area contributed by atoms with Crippen LogP contribution in [0.15, 0.2) is 0 Å². The molecule has 0 aromatic rings. The molecular weight excluding hydrogens is 180 g/mol. The second-order valence-corrected chi connectivity index (χ2v) is 4.47. The first-order valence-electron chi connectivity index (χ1n) is 5.44. The van der Waals surface area contributed by atoms with Gasteiger partial charge in [0.2, 0.25) is 0 Å². The summed E-state index contributed by atoms with van der Waals surface area (Å²) in [7, 11) is 0. The van der Waals surface area contributed by atoms with Crippen molar-refractivity contribution in [3.05, 3.63) is 0 Å². The number of aliphatic hydroxyl groups is 1. The lowest BCUT2D eigenvalue weighted by Gasteiger charge is -2.25. The Balaban J connectivity index is 2.20. The molecule has 3 heteroatoms. The van der Waals surface area contributed by atoms with Crippen LogP contribution in [-0.4, -0.2) is 23.8 Å². The lowest BCUT2D eigenvalue weighted by molar-refractivity contribution is -0.149. The molecule has 0 amide bonds. The Morgan fingerprint density at radius 3 is 2.79 bits per heavy atom. The Morgan fingerprint density at radius 1 is 1.50 bits per heavy atom. The molecule has 1 rings (SSSR count). The predicted molar refractivity (Wildman–Crippen MR) is 53.8 cm³/mol. The highest BCUT2D eigenvalue weighted by atomic mass is 16.5. The SMILES string of the molecule is CC(C)C(=O)OCC1CCCC(O)C1. The van der Waals surface area contributed by atoms with Gasteiger partial charge >= 0.3 is 5.97 Å². The zero-order valence-electron chi connectivity index (χ0n) is 9.03. The summed E-state index contributed by atoms with van der Waals surface area (Å²) in [6, 6.07) is 0.